The van der Waals surface area contributed by atoms with Gasteiger partial charge in [0.1, 0.15) is 0 Å². The lowest BCUT2D eigenvalue weighted by atomic mass is 10.0. The lowest BCUT2D eigenvalue weighted by Gasteiger charge is -2.25. The van der Waals surface area contributed by atoms with Crippen molar-refractivity contribution >= 4 is 17.3 Å². The van der Waals surface area contributed by atoms with E-state index in [0.717, 1.165) is 29.2 Å². The Morgan fingerprint density at radius 1 is 1.14 bits per heavy atom. The van der Waals surface area contributed by atoms with Crippen molar-refractivity contribution in [3.63, 3.8) is 0 Å². The average Bonchev–Trinajstić information content (AvgIpc) is 2.43. The van der Waals surface area contributed by atoms with Gasteiger partial charge in [0.25, 0.3) is 0 Å². The van der Waals surface area contributed by atoms with Crippen molar-refractivity contribution in [3.8, 4) is 0 Å². The molecule has 0 amide bonds. The van der Waals surface area contributed by atoms with E-state index >= 15 is 0 Å². The molecule has 0 fully saturated rings. The third-order valence-electron chi connectivity index (χ3n) is 3.70. The Bertz CT molecular complexity index is 608. The van der Waals surface area contributed by atoms with E-state index in [-0.39, 0.29) is 6.04 Å². The summed E-state index contributed by atoms with van der Waals surface area (Å²) in [6, 6.07) is 14.6. The number of benzene rings is 2. The highest BCUT2D eigenvalue weighted by molar-refractivity contribution is 6.31. The van der Waals surface area contributed by atoms with Crippen molar-refractivity contribution in [1.29, 1.82) is 0 Å². The summed E-state index contributed by atoms with van der Waals surface area (Å²) >= 11 is 6.37. The maximum Gasteiger partial charge on any atom is 0.0459 e. The Morgan fingerprint density at radius 2 is 1.86 bits per heavy atom. The van der Waals surface area contributed by atoms with Crippen LogP contribution in [0.5, 0.6) is 0 Å². The summed E-state index contributed by atoms with van der Waals surface area (Å²) in [6.07, 6.45) is 0.785. The molecular formula is C18H23ClN2. The largest absolute Gasteiger partial charge is 0.370 e. The van der Waals surface area contributed by atoms with Crippen LogP contribution in [-0.4, -0.2) is 13.1 Å². The molecule has 2 aromatic rings. The van der Waals surface area contributed by atoms with Gasteiger partial charge in [-0.3, -0.25) is 0 Å². The van der Waals surface area contributed by atoms with Crippen LogP contribution >= 0.6 is 11.6 Å². The van der Waals surface area contributed by atoms with Crippen LogP contribution in [0.15, 0.2) is 42.5 Å². The summed E-state index contributed by atoms with van der Waals surface area (Å²) in [7, 11) is 2.10. The lowest BCUT2D eigenvalue weighted by Crippen LogP contribution is -2.23. The number of halogens is 1. The van der Waals surface area contributed by atoms with E-state index in [1.165, 1.54) is 11.1 Å². The number of anilines is 1. The SMILES string of the molecule is Cc1ccccc1CN(C)c1cccc(Cl)c1CC(C)N. The second kappa shape index (κ2) is 6.97. The Balaban J connectivity index is 2.29. The van der Waals surface area contributed by atoms with E-state index in [9.17, 15) is 0 Å². The Kier molecular flexibility index (Phi) is 5.27. The maximum absolute atomic E-state index is 6.37. The third-order valence-corrected chi connectivity index (χ3v) is 4.05. The zero-order chi connectivity index (χ0) is 15.4. The van der Waals surface area contributed by atoms with Crippen molar-refractivity contribution in [3.05, 3.63) is 64.2 Å². The number of hydrogen-bond acceptors (Lipinski definition) is 2. The molecule has 0 aromatic heterocycles. The molecule has 2 rings (SSSR count). The van der Waals surface area contributed by atoms with Crippen molar-refractivity contribution in [2.45, 2.75) is 32.9 Å². The Labute approximate surface area is 132 Å². The first-order valence-electron chi connectivity index (χ1n) is 7.27. The maximum atomic E-state index is 6.37. The van der Waals surface area contributed by atoms with Gasteiger partial charge in [0, 0.05) is 30.3 Å². The summed E-state index contributed by atoms with van der Waals surface area (Å²) < 4.78 is 0. The van der Waals surface area contributed by atoms with Gasteiger partial charge in [-0.05, 0) is 49.1 Å². The first-order chi connectivity index (χ1) is 9.99. The van der Waals surface area contributed by atoms with Crippen molar-refractivity contribution in [1.82, 2.24) is 0 Å². The molecule has 0 spiro atoms. The lowest BCUT2D eigenvalue weighted by molar-refractivity contribution is 0.734. The highest BCUT2D eigenvalue weighted by Crippen LogP contribution is 2.29. The molecule has 3 heteroatoms. The zero-order valence-electron chi connectivity index (χ0n) is 12.9. The minimum Gasteiger partial charge on any atom is -0.370 e. The predicted octanol–water partition coefficient (Wildman–Crippen LogP) is 4.17. The number of hydrogen-bond donors (Lipinski definition) is 1. The molecule has 2 N–H and O–H groups in total. The van der Waals surface area contributed by atoms with Crippen LogP contribution in [0.2, 0.25) is 5.02 Å². The molecule has 0 saturated carbocycles. The normalized spacial score (nSPS) is 12.2. The molecule has 0 radical (unpaired) electrons. The molecule has 0 heterocycles. The molecule has 0 aliphatic rings. The van der Waals surface area contributed by atoms with Crippen LogP contribution < -0.4 is 10.6 Å². The molecule has 2 nitrogen and oxygen atoms in total. The summed E-state index contributed by atoms with van der Waals surface area (Å²) in [5.41, 5.74) is 10.9. The minimum atomic E-state index is 0.0931. The van der Waals surface area contributed by atoms with Crippen LogP contribution in [-0.2, 0) is 13.0 Å². The zero-order valence-corrected chi connectivity index (χ0v) is 13.7. The molecule has 0 aliphatic heterocycles. The topological polar surface area (TPSA) is 29.3 Å². The molecular weight excluding hydrogens is 280 g/mol. The first kappa shape index (κ1) is 15.9. The summed E-state index contributed by atoms with van der Waals surface area (Å²) in [5.74, 6) is 0. The fourth-order valence-corrected chi connectivity index (χ4v) is 2.80. The van der Waals surface area contributed by atoms with Gasteiger partial charge in [-0.25, -0.2) is 0 Å². The van der Waals surface area contributed by atoms with Crippen molar-refractivity contribution in [2.24, 2.45) is 5.73 Å². The van der Waals surface area contributed by atoms with Gasteiger partial charge in [0.05, 0.1) is 0 Å². The van der Waals surface area contributed by atoms with Gasteiger partial charge in [0.15, 0.2) is 0 Å². The second-order valence-electron chi connectivity index (χ2n) is 5.70. The third kappa shape index (κ3) is 3.99. The van der Waals surface area contributed by atoms with Crippen LogP contribution in [0.25, 0.3) is 0 Å². The highest BCUT2D eigenvalue weighted by Gasteiger charge is 2.13. The fourth-order valence-electron chi connectivity index (χ4n) is 2.56. The van der Waals surface area contributed by atoms with Crippen LogP contribution in [0.3, 0.4) is 0 Å². The molecule has 2 aromatic carbocycles. The number of aryl methyl sites for hydroxylation is 1. The fraction of sp³-hybridized carbons (Fsp3) is 0.333. The predicted molar refractivity (Wildman–Crippen MR) is 92.1 cm³/mol. The van der Waals surface area contributed by atoms with Crippen LogP contribution in [0, 0.1) is 6.92 Å². The quantitative estimate of drug-likeness (QED) is 0.898. The van der Waals surface area contributed by atoms with Crippen molar-refractivity contribution in [2.75, 3.05) is 11.9 Å². The van der Waals surface area contributed by atoms with E-state index in [0.29, 0.717) is 0 Å². The molecule has 21 heavy (non-hydrogen) atoms. The van der Waals surface area contributed by atoms with Gasteiger partial charge in [0.2, 0.25) is 0 Å². The molecule has 112 valence electrons. The Morgan fingerprint density at radius 3 is 2.52 bits per heavy atom. The molecule has 1 atom stereocenters. The van der Waals surface area contributed by atoms with E-state index in [1.54, 1.807) is 0 Å². The van der Waals surface area contributed by atoms with E-state index in [1.807, 2.05) is 19.1 Å². The van der Waals surface area contributed by atoms with E-state index in [4.69, 9.17) is 17.3 Å². The number of nitrogens with two attached hydrogens (primary N) is 1. The summed E-state index contributed by atoms with van der Waals surface area (Å²) in [6.45, 7) is 5.01. The molecule has 0 aliphatic carbocycles. The van der Waals surface area contributed by atoms with Gasteiger partial charge in [-0.2, -0.15) is 0 Å². The van der Waals surface area contributed by atoms with E-state index in [2.05, 4.69) is 49.2 Å². The van der Waals surface area contributed by atoms with Gasteiger partial charge < -0.3 is 10.6 Å². The number of rotatable bonds is 5. The minimum absolute atomic E-state index is 0.0931. The van der Waals surface area contributed by atoms with Crippen LogP contribution in [0.4, 0.5) is 5.69 Å². The van der Waals surface area contributed by atoms with Gasteiger partial charge in [-0.1, -0.05) is 41.9 Å². The van der Waals surface area contributed by atoms with Gasteiger partial charge in [-0.15, -0.1) is 0 Å². The molecule has 1 unspecified atom stereocenters. The molecule has 0 bridgehead atoms. The smallest absolute Gasteiger partial charge is 0.0459 e. The summed E-state index contributed by atoms with van der Waals surface area (Å²) in [4.78, 5) is 2.24. The van der Waals surface area contributed by atoms with Gasteiger partial charge >= 0.3 is 0 Å². The first-order valence-corrected chi connectivity index (χ1v) is 7.65. The van der Waals surface area contributed by atoms with Crippen molar-refractivity contribution < 1.29 is 0 Å². The standard InChI is InChI=1S/C18H23ClN2/c1-13-7-4-5-8-15(13)12-21(3)18-10-6-9-17(19)16(18)11-14(2)20/h4-10,14H,11-12,20H2,1-3H3. The number of nitrogens with zero attached hydrogens (tertiary/aromatic N) is 1. The highest BCUT2D eigenvalue weighted by atomic mass is 35.5. The second-order valence-corrected chi connectivity index (χ2v) is 6.11. The average molecular weight is 303 g/mol. The van der Waals surface area contributed by atoms with E-state index < -0.39 is 0 Å². The van der Waals surface area contributed by atoms with Crippen LogP contribution in [0.1, 0.15) is 23.6 Å². The summed E-state index contributed by atoms with van der Waals surface area (Å²) in [5, 5.41) is 0.793. The molecule has 0 saturated heterocycles. The monoisotopic (exact) mass is 302 g/mol. The Hall–Kier alpha value is -1.51.